The van der Waals surface area contributed by atoms with E-state index >= 15 is 0 Å². The standard InChI is InChI=1S/C16H23ClN2O2/c1-2-8-21-15-6-5-13(10-14(15)17)19-16(20)9-12-4-3-7-18-11-12/h5-6,10,12,18H,2-4,7-9,11H2,1H3,(H,19,20). The van der Waals surface area contributed by atoms with Crippen LogP contribution < -0.4 is 15.4 Å². The highest BCUT2D eigenvalue weighted by Gasteiger charge is 2.17. The van der Waals surface area contributed by atoms with Gasteiger partial charge < -0.3 is 15.4 Å². The second kappa shape index (κ2) is 8.25. The third kappa shape index (κ3) is 5.21. The molecule has 1 aliphatic heterocycles. The van der Waals surface area contributed by atoms with Gasteiger partial charge >= 0.3 is 0 Å². The summed E-state index contributed by atoms with van der Waals surface area (Å²) in [5.41, 5.74) is 0.720. The Labute approximate surface area is 131 Å². The van der Waals surface area contributed by atoms with Gasteiger partial charge in [-0.1, -0.05) is 18.5 Å². The van der Waals surface area contributed by atoms with Crippen LogP contribution >= 0.6 is 11.6 Å². The van der Waals surface area contributed by atoms with Gasteiger partial charge in [0.05, 0.1) is 11.6 Å². The van der Waals surface area contributed by atoms with Crippen LogP contribution in [0.15, 0.2) is 18.2 Å². The van der Waals surface area contributed by atoms with Crippen LogP contribution in [0.3, 0.4) is 0 Å². The molecule has 0 aromatic heterocycles. The molecule has 0 aliphatic carbocycles. The molecular weight excluding hydrogens is 288 g/mol. The van der Waals surface area contributed by atoms with Crippen LogP contribution in [0.25, 0.3) is 0 Å². The van der Waals surface area contributed by atoms with Gasteiger partial charge in [0.2, 0.25) is 5.91 Å². The molecule has 1 unspecified atom stereocenters. The van der Waals surface area contributed by atoms with Crippen LogP contribution in [-0.2, 0) is 4.79 Å². The fourth-order valence-electron chi connectivity index (χ4n) is 2.48. The van der Waals surface area contributed by atoms with Gasteiger partial charge in [-0.15, -0.1) is 0 Å². The zero-order valence-electron chi connectivity index (χ0n) is 12.5. The van der Waals surface area contributed by atoms with Gasteiger partial charge in [0.25, 0.3) is 0 Å². The van der Waals surface area contributed by atoms with Gasteiger partial charge in [0.1, 0.15) is 5.75 Å². The quantitative estimate of drug-likeness (QED) is 0.846. The zero-order chi connectivity index (χ0) is 15.1. The fourth-order valence-corrected chi connectivity index (χ4v) is 2.72. The molecule has 1 aromatic rings. The number of piperidine rings is 1. The smallest absolute Gasteiger partial charge is 0.224 e. The predicted octanol–water partition coefficient (Wildman–Crippen LogP) is 3.46. The molecule has 1 heterocycles. The van der Waals surface area contributed by atoms with E-state index in [1.807, 2.05) is 13.0 Å². The normalized spacial score (nSPS) is 18.3. The van der Waals surface area contributed by atoms with E-state index in [0.29, 0.717) is 29.7 Å². The average molecular weight is 311 g/mol. The summed E-state index contributed by atoms with van der Waals surface area (Å²) in [4.78, 5) is 12.0. The van der Waals surface area contributed by atoms with Gasteiger partial charge in [0, 0.05) is 12.1 Å². The van der Waals surface area contributed by atoms with Crippen molar-refractivity contribution >= 4 is 23.2 Å². The number of halogens is 1. The van der Waals surface area contributed by atoms with E-state index in [9.17, 15) is 4.79 Å². The van der Waals surface area contributed by atoms with Crippen molar-refractivity contribution in [2.24, 2.45) is 5.92 Å². The van der Waals surface area contributed by atoms with Crippen LogP contribution in [0.5, 0.6) is 5.75 Å². The summed E-state index contributed by atoms with van der Waals surface area (Å²) in [5, 5.41) is 6.76. The lowest BCUT2D eigenvalue weighted by Crippen LogP contribution is -2.32. The van der Waals surface area contributed by atoms with Crippen molar-refractivity contribution in [3.05, 3.63) is 23.2 Å². The number of carbonyl (C=O) groups excluding carboxylic acids is 1. The van der Waals surface area contributed by atoms with Gasteiger partial charge in [-0.3, -0.25) is 4.79 Å². The SMILES string of the molecule is CCCOc1ccc(NC(=O)CC2CCCNC2)cc1Cl. The van der Waals surface area contributed by atoms with Gasteiger partial charge in [-0.2, -0.15) is 0 Å². The van der Waals surface area contributed by atoms with Crippen molar-refractivity contribution in [2.75, 3.05) is 25.0 Å². The Balaban J connectivity index is 1.86. The number of anilines is 1. The summed E-state index contributed by atoms with van der Waals surface area (Å²) in [6, 6.07) is 5.37. The Bertz CT molecular complexity index is 473. The first kappa shape index (κ1) is 16.1. The second-order valence-electron chi connectivity index (χ2n) is 5.46. The molecule has 0 radical (unpaired) electrons. The average Bonchev–Trinajstić information content (AvgIpc) is 2.47. The van der Waals surface area contributed by atoms with Crippen molar-refractivity contribution in [1.82, 2.24) is 5.32 Å². The van der Waals surface area contributed by atoms with Crippen molar-refractivity contribution in [3.8, 4) is 5.75 Å². The van der Waals surface area contributed by atoms with Crippen molar-refractivity contribution < 1.29 is 9.53 Å². The third-order valence-corrected chi connectivity index (χ3v) is 3.85. The minimum absolute atomic E-state index is 0.0435. The number of ether oxygens (including phenoxy) is 1. The molecule has 116 valence electrons. The van der Waals surface area contributed by atoms with Crippen LogP contribution in [0.1, 0.15) is 32.6 Å². The van der Waals surface area contributed by atoms with Gasteiger partial charge in [-0.25, -0.2) is 0 Å². The molecule has 2 rings (SSSR count). The predicted molar refractivity (Wildman–Crippen MR) is 86.1 cm³/mol. The van der Waals surface area contributed by atoms with E-state index in [-0.39, 0.29) is 5.91 Å². The molecule has 21 heavy (non-hydrogen) atoms. The highest BCUT2D eigenvalue weighted by molar-refractivity contribution is 6.32. The van der Waals surface area contributed by atoms with Gasteiger partial charge in [-0.05, 0) is 56.5 Å². The fraction of sp³-hybridized carbons (Fsp3) is 0.562. The van der Waals surface area contributed by atoms with Crippen LogP contribution in [0, 0.1) is 5.92 Å². The second-order valence-corrected chi connectivity index (χ2v) is 5.87. The summed E-state index contributed by atoms with van der Waals surface area (Å²) in [5.74, 6) is 1.14. The minimum atomic E-state index is 0.0435. The maximum absolute atomic E-state index is 12.0. The highest BCUT2D eigenvalue weighted by Crippen LogP contribution is 2.28. The Kier molecular flexibility index (Phi) is 6.33. The third-order valence-electron chi connectivity index (χ3n) is 3.55. The monoisotopic (exact) mass is 310 g/mol. The Morgan fingerprint density at radius 2 is 2.38 bits per heavy atom. The first-order chi connectivity index (χ1) is 10.2. The lowest BCUT2D eigenvalue weighted by molar-refractivity contribution is -0.117. The van der Waals surface area contributed by atoms with E-state index in [0.717, 1.165) is 38.0 Å². The lowest BCUT2D eigenvalue weighted by atomic mass is 9.96. The number of hydrogen-bond donors (Lipinski definition) is 2. The van der Waals surface area contributed by atoms with Crippen LogP contribution in [-0.4, -0.2) is 25.6 Å². The molecule has 1 aromatic carbocycles. The Morgan fingerprint density at radius 1 is 1.52 bits per heavy atom. The number of nitrogens with one attached hydrogen (secondary N) is 2. The van der Waals surface area contributed by atoms with Crippen LogP contribution in [0.4, 0.5) is 5.69 Å². The molecule has 0 spiro atoms. The number of carbonyl (C=O) groups is 1. The molecule has 4 nitrogen and oxygen atoms in total. The topological polar surface area (TPSA) is 50.4 Å². The lowest BCUT2D eigenvalue weighted by Gasteiger charge is -2.22. The minimum Gasteiger partial charge on any atom is -0.492 e. The molecule has 0 saturated carbocycles. The molecule has 1 saturated heterocycles. The van der Waals surface area contributed by atoms with Crippen molar-refractivity contribution in [1.29, 1.82) is 0 Å². The van der Waals surface area contributed by atoms with Gasteiger partial charge in [0.15, 0.2) is 0 Å². The number of amides is 1. The molecule has 1 amide bonds. The van der Waals surface area contributed by atoms with Crippen molar-refractivity contribution in [2.45, 2.75) is 32.6 Å². The maximum atomic E-state index is 12.0. The molecule has 2 N–H and O–H groups in total. The molecular formula is C16H23ClN2O2. The van der Waals surface area contributed by atoms with E-state index in [1.54, 1.807) is 12.1 Å². The van der Waals surface area contributed by atoms with Crippen LogP contribution in [0.2, 0.25) is 5.02 Å². The van der Waals surface area contributed by atoms with E-state index in [1.165, 1.54) is 0 Å². The largest absolute Gasteiger partial charge is 0.492 e. The molecule has 1 aliphatic rings. The number of hydrogen-bond acceptors (Lipinski definition) is 3. The summed E-state index contributed by atoms with van der Waals surface area (Å²) in [6.45, 7) is 4.67. The van der Waals surface area contributed by atoms with E-state index in [4.69, 9.17) is 16.3 Å². The van der Waals surface area contributed by atoms with E-state index < -0.39 is 0 Å². The maximum Gasteiger partial charge on any atom is 0.224 e. The molecule has 1 fully saturated rings. The molecule has 1 atom stereocenters. The Morgan fingerprint density at radius 3 is 3.05 bits per heavy atom. The summed E-state index contributed by atoms with van der Waals surface area (Å²) >= 11 is 6.15. The van der Waals surface area contributed by atoms with Crippen molar-refractivity contribution in [3.63, 3.8) is 0 Å². The summed E-state index contributed by atoms with van der Waals surface area (Å²) < 4.78 is 5.51. The number of benzene rings is 1. The highest BCUT2D eigenvalue weighted by atomic mass is 35.5. The summed E-state index contributed by atoms with van der Waals surface area (Å²) in [6.07, 6.45) is 3.75. The summed E-state index contributed by atoms with van der Waals surface area (Å²) in [7, 11) is 0. The van der Waals surface area contributed by atoms with E-state index in [2.05, 4.69) is 10.6 Å². The first-order valence-electron chi connectivity index (χ1n) is 7.62. The molecule has 5 heteroatoms. The zero-order valence-corrected chi connectivity index (χ0v) is 13.2. The first-order valence-corrected chi connectivity index (χ1v) is 7.99. The number of rotatable bonds is 6. The molecule has 0 bridgehead atoms. The Hall–Kier alpha value is -1.26.